The molecule has 28 heavy (non-hydrogen) atoms. The molecular formula is C19H23N3O6. The molecule has 0 unspecified atom stereocenters. The van der Waals surface area contributed by atoms with Crippen LogP contribution in [0.1, 0.15) is 47.3 Å². The largest absolute Gasteiger partial charge is 0.460 e. The Morgan fingerprint density at radius 3 is 2.39 bits per heavy atom. The highest BCUT2D eigenvalue weighted by atomic mass is 16.6. The average molecular weight is 389 g/mol. The molecule has 2 rings (SSSR count). The van der Waals surface area contributed by atoms with E-state index in [-0.39, 0.29) is 41.8 Å². The summed E-state index contributed by atoms with van der Waals surface area (Å²) in [4.78, 5) is 47.1. The Balaban J connectivity index is 2.30. The lowest BCUT2D eigenvalue weighted by Gasteiger charge is -2.10. The zero-order chi connectivity index (χ0) is 21.0. The smallest absolute Gasteiger partial charge is 0.381 e. The molecule has 2 heterocycles. The number of hydrogen-bond donors (Lipinski definition) is 0. The molecule has 2 aromatic heterocycles. The molecular weight excluding hydrogens is 366 g/mol. The molecule has 0 saturated heterocycles. The first-order valence-electron chi connectivity index (χ1n) is 8.88. The lowest BCUT2D eigenvalue weighted by Crippen LogP contribution is -2.21. The van der Waals surface area contributed by atoms with Crippen molar-refractivity contribution in [2.45, 2.75) is 33.7 Å². The highest BCUT2D eigenvalue weighted by molar-refractivity contribution is 6.40. The second kappa shape index (κ2) is 8.64. The van der Waals surface area contributed by atoms with Crippen LogP contribution in [0.15, 0.2) is 24.5 Å². The molecule has 0 aliphatic rings. The number of Topliss-reactive ketones (excluding diaryl/α,β-unsaturated/α-hetero) is 2. The molecule has 0 aliphatic carbocycles. The van der Waals surface area contributed by atoms with Crippen molar-refractivity contribution in [3.8, 4) is 0 Å². The maximum absolute atomic E-state index is 12.6. The summed E-state index contributed by atoms with van der Waals surface area (Å²) in [6, 6.07) is 2.72. The predicted molar refractivity (Wildman–Crippen MR) is 100 cm³/mol. The van der Waals surface area contributed by atoms with Gasteiger partial charge in [-0.1, -0.05) is 13.8 Å². The SMILES string of the molecule is CCOC(=O)C(=O)c1cc(CC(=O)c2cc([N+](=O)[O-])cn2C)cn1CC(C)C. The number of carbonyl (C=O) groups is 3. The number of rotatable bonds is 9. The van der Waals surface area contributed by atoms with Gasteiger partial charge in [0.2, 0.25) is 0 Å². The van der Waals surface area contributed by atoms with Gasteiger partial charge in [0.15, 0.2) is 5.78 Å². The maximum Gasteiger partial charge on any atom is 0.381 e. The number of nitrogens with zero attached hydrogens (tertiary/aromatic N) is 3. The summed E-state index contributed by atoms with van der Waals surface area (Å²) in [5.41, 5.74) is 0.734. The average Bonchev–Trinajstić information content (AvgIpc) is 3.17. The van der Waals surface area contributed by atoms with Gasteiger partial charge in [-0.2, -0.15) is 0 Å². The minimum absolute atomic E-state index is 0.0524. The molecule has 2 aromatic rings. The summed E-state index contributed by atoms with van der Waals surface area (Å²) >= 11 is 0. The van der Waals surface area contributed by atoms with Crippen molar-refractivity contribution in [1.29, 1.82) is 0 Å². The fourth-order valence-electron chi connectivity index (χ4n) is 2.90. The first kappa shape index (κ1) is 21.1. The third-order valence-electron chi connectivity index (χ3n) is 4.06. The van der Waals surface area contributed by atoms with Crippen LogP contribution in [0.5, 0.6) is 0 Å². The van der Waals surface area contributed by atoms with Crippen LogP contribution in [-0.4, -0.2) is 38.2 Å². The first-order valence-corrected chi connectivity index (χ1v) is 8.88. The Bertz CT molecular complexity index is 922. The summed E-state index contributed by atoms with van der Waals surface area (Å²) < 4.78 is 7.82. The quantitative estimate of drug-likeness (QED) is 0.214. The second-order valence-corrected chi connectivity index (χ2v) is 6.88. The molecule has 0 amide bonds. The first-order chi connectivity index (χ1) is 13.1. The van der Waals surface area contributed by atoms with Gasteiger partial charge < -0.3 is 13.9 Å². The highest BCUT2D eigenvalue weighted by Crippen LogP contribution is 2.19. The Hall–Kier alpha value is -3.23. The van der Waals surface area contributed by atoms with Crippen LogP contribution in [0, 0.1) is 16.0 Å². The van der Waals surface area contributed by atoms with E-state index in [1.807, 2.05) is 13.8 Å². The number of esters is 1. The van der Waals surface area contributed by atoms with Gasteiger partial charge in [-0.25, -0.2) is 4.79 Å². The van der Waals surface area contributed by atoms with Gasteiger partial charge in [0.05, 0.1) is 29.1 Å². The van der Waals surface area contributed by atoms with Crippen LogP contribution >= 0.6 is 0 Å². The molecule has 150 valence electrons. The number of ketones is 2. The van der Waals surface area contributed by atoms with Gasteiger partial charge in [0.25, 0.3) is 11.5 Å². The van der Waals surface area contributed by atoms with Crippen LogP contribution in [0.25, 0.3) is 0 Å². The van der Waals surface area contributed by atoms with Crippen molar-refractivity contribution in [3.05, 3.63) is 51.6 Å². The maximum atomic E-state index is 12.6. The van der Waals surface area contributed by atoms with Gasteiger partial charge >= 0.3 is 5.97 Å². The van der Waals surface area contributed by atoms with Crippen molar-refractivity contribution < 1.29 is 24.0 Å². The fourth-order valence-corrected chi connectivity index (χ4v) is 2.90. The van der Waals surface area contributed by atoms with Gasteiger partial charge in [-0.3, -0.25) is 19.7 Å². The summed E-state index contributed by atoms with van der Waals surface area (Å²) in [6.45, 7) is 6.12. The molecule has 9 nitrogen and oxygen atoms in total. The van der Waals surface area contributed by atoms with Crippen molar-refractivity contribution in [3.63, 3.8) is 0 Å². The van der Waals surface area contributed by atoms with E-state index in [0.717, 1.165) is 0 Å². The van der Waals surface area contributed by atoms with E-state index in [2.05, 4.69) is 0 Å². The Labute approximate surface area is 162 Å². The van der Waals surface area contributed by atoms with Gasteiger partial charge in [-0.15, -0.1) is 0 Å². The van der Waals surface area contributed by atoms with Crippen LogP contribution in [0.2, 0.25) is 0 Å². The molecule has 9 heteroatoms. The monoisotopic (exact) mass is 389 g/mol. The highest BCUT2D eigenvalue weighted by Gasteiger charge is 2.24. The summed E-state index contributed by atoms with van der Waals surface area (Å²) in [7, 11) is 1.56. The van der Waals surface area contributed by atoms with E-state index in [1.54, 1.807) is 24.7 Å². The van der Waals surface area contributed by atoms with Crippen LogP contribution in [-0.2, 0) is 29.5 Å². The fraction of sp³-hybridized carbons (Fsp3) is 0.421. The third kappa shape index (κ3) is 4.73. The number of carbonyl (C=O) groups excluding carboxylic acids is 3. The van der Waals surface area contributed by atoms with Crippen LogP contribution in [0.3, 0.4) is 0 Å². The molecule has 0 aromatic carbocycles. The minimum atomic E-state index is -0.943. The normalized spacial score (nSPS) is 10.9. The molecule has 0 aliphatic heterocycles. The number of aromatic nitrogens is 2. The lowest BCUT2D eigenvalue weighted by molar-refractivity contribution is -0.384. The van der Waals surface area contributed by atoms with Gasteiger partial charge in [-0.05, 0) is 24.5 Å². The number of nitro groups is 1. The molecule has 0 atom stereocenters. The van der Waals surface area contributed by atoms with Crippen molar-refractivity contribution in [2.24, 2.45) is 13.0 Å². The topological polar surface area (TPSA) is 113 Å². The molecule has 0 N–H and O–H groups in total. The van der Waals surface area contributed by atoms with Crippen molar-refractivity contribution >= 4 is 23.2 Å². The zero-order valence-corrected chi connectivity index (χ0v) is 16.3. The van der Waals surface area contributed by atoms with E-state index in [0.29, 0.717) is 12.1 Å². The van der Waals surface area contributed by atoms with Crippen LogP contribution in [0.4, 0.5) is 5.69 Å². The second-order valence-electron chi connectivity index (χ2n) is 6.88. The molecule has 0 spiro atoms. The zero-order valence-electron chi connectivity index (χ0n) is 16.3. The summed E-state index contributed by atoms with van der Waals surface area (Å²) in [5.74, 6) is -1.83. The van der Waals surface area contributed by atoms with E-state index in [1.165, 1.54) is 22.9 Å². The van der Waals surface area contributed by atoms with Gasteiger partial charge in [0.1, 0.15) is 0 Å². The van der Waals surface area contributed by atoms with Gasteiger partial charge in [0, 0.05) is 32.3 Å². The number of hydrogen-bond acceptors (Lipinski definition) is 6. The summed E-state index contributed by atoms with van der Waals surface area (Å²) in [5, 5.41) is 10.9. The Kier molecular flexibility index (Phi) is 6.50. The molecule has 0 saturated carbocycles. The van der Waals surface area contributed by atoms with Crippen LogP contribution < -0.4 is 0 Å². The summed E-state index contributed by atoms with van der Waals surface area (Å²) in [6.07, 6.45) is 2.87. The third-order valence-corrected chi connectivity index (χ3v) is 4.06. The van der Waals surface area contributed by atoms with E-state index >= 15 is 0 Å². The number of ether oxygens (including phenoxy) is 1. The van der Waals surface area contributed by atoms with E-state index in [9.17, 15) is 24.5 Å². The van der Waals surface area contributed by atoms with E-state index < -0.39 is 16.7 Å². The Morgan fingerprint density at radius 2 is 1.86 bits per heavy atom. The van der Waals surface area contributed by atoms with E-state index in [4.69, 9.17) is 4.74 Å². The van der Waals surface area contributed by atoms with Crippen molar-refractivity contribution in [2.75, 3.05) is 6.61 Å². The Morgan fingerprint density at radius 1 is 1.18 bits per heavy atom. The minimum Gasteiger partial charge on any atom is -0.460 e. The lowest BCUT2D eigenvalue weighted by atomic mass is 10.1. The molecule has 0 bridgehead atoms. The predicted octanol–water partition coefficient (Wildman–Crippen LogP) is 2.56. The molecule has 0 radical (unpaired) electrons. The van der Waals surface area contributed by atoms with Crippen molar-refractivity contribution in [1.82, 2.24) is 9.13 Å². The molecule has 0 fully saturated rings. The number of aryl methyl sites for hydroxylation is 1. The standard InChI is InChI=1S/C19H23N3O6/c1-5-28-19(25)18(24)16-6-13(10-21(16)9-12(2)3)7-17(23)15-8-14(22(26)27)11-20(15)4/h6,8,10-12H,5,7,9H2,1-4H3.